The van der Waals surface area contributed by atoms with E-state index >= 15 is 0 Å². The molecular weight excluding hydrogens is 206 g/mol. The van der Waals surface area contributed by atoms with Crippen molar-refractivity contribution in [3.05, 3.63) is 23.7 Å². The molecule has 1 heterocycles. The van der Waals surface area contributed by atoms with Crippen LogP contribution in [-0.4, -0.2) is 17.1 Å². The van der Waals surface area contributed by atoms with E-state index < -0.39 is 5.97 Å². The van der Waals surface area contributed by atoms with E-state index in [9.17, 15) is 4.79 Å². The van der Waals surface area contributed by atoms with E-state index in [1.807, 2.05) is 13.8 Å². The first-order valence-corrected chi connectivity index (χ1v) is 5.13. The molecule has 0 aliphatic heterocycles. The summed E-state index contributed by atoms with van der Waals surface area (Å²) < 4.78 is 5.17. The summed E-state index contributed by atoms with van der Waals surface area (Å²) in [7, 11) is 0. The molecule has 4 heteroatoms. The van der Waals surface area contributed by atoms with Crippen LogP contribution in [0.15, 0.2) is 16.5 Å². The van der Waals surface area contributed by atoms with Crippen molar-refractivity contribution in [1.82, 2.24) is 5.32 Å². The number of carboxylic acid groups (broad SMARTS) is 1. The lowest BCUT2D eigenvalue weighted by atomic mass is 10.2. The second-order valence-corrected chi connectivity index (χ2v) is 3.52. The monoisotopic (exact) mass is 221 g/mol. The van der Waals surface area contributed by atoms with Gasteiger partial charge in [0, 0.05) is 0 Å². The van der Waals surface area contributed by atoms with E-state index in [1.165, 1.54) is 6.07 Å². The van der Waals surface area contributed by atoms with Crippen LogP contribution in [0.1, 0.15) is 42.6 Å². The molecule has 0 radical (unpaired) electrons. The summed E-state index contributed by atoms with van der Waals surface area (Å²) >= 11 is 0. The standard InChI is InChI=1S/C12H15NO3/c1-4-9(5-2)13-8(3)10-6-7-11(16-10)12(14)15/h1,6-9,13H,5H2,2-3H3,(H,14,15). The van der Waals surface area contributed by atoms with Crippen molar-refractivity contribution in [3.63, 3.8) is 0 Å². The van der Waals surface area contributed by atoms with Crippen LogP contribution in [-0.2, 0) is 0 Å². The molecule has 0 aliphatic rings. The fraction of sp³-hybridized carbons (Fsp3) is 0.417. The zero-order chi connectivity index (χ0) is 12.1. The van der Waals surface area contributed by atoms with E-state index in [-0.39, 0.29) is 17.8 Å². The Morgan fingerprint density at radius 3 is 2.81 bits per heavy atom. The first-order valence-electron chi connectivity index (χ1n) is 5.13. The molecule has 0 aliphatic carbocycles. The molecule has 2 N–H and O–H groups in total. The smallest absolute Gasteiger partial charge is 0.371 e. The van der Waals surface area contributed by atoms with Gasteiger partial charge in [-0.3, -0.25) is 5.32 Å². The summed E-state index contributed by atoms with van der Waals surface area (Å²) in [6.45, 7) is 3.86. The second kappa shape index (κ2) is 5.38. The molecule has 0 saturated carbocycles. The second-order valence-electron chi connectivity index (χ2n) is 3.52. The van der Waals surface area contributed by atoms with Gasteiger partial charge in [-0.15, -0.1) is 6.42 Å². The molecule has 86 valence electrons. The number of aromatic carboxylic acids is 1. The first-order chi connectivity index (χ1) is 7.58. The van der Waals surface area contributed by atoms with Gasteiger partial charge >= 0.3 is 5.97 Å². The molecule has 0 bridgehead atoms. The highest BCUT2D eigenvalue weighted by Crippen LogP contribution is 2.17. The third-order valence-corrected chi connectivity index (χ3v) is 2.32. The molecule has 0 aromatic carbocycles. The van der Waals surface area contributed by atoms with Crippen molar-refractivity contribution in [2.75, 3.05) is 0 Å². The van der Waals surface area contributed by atoms with E-state index in [0.29, 0.717) is 5.76 Å². The van der Waals surface area contributed by atoms with Gasteiger partial charge < -0.3 is 9.52 Å². The molecule has 1 rings (SSSR count). The number of furan rings is 1. The first kappa shape index (κ1) is 12.3. The maximum absolute atomic E-state index is 10.6. The van der Waals surface area contributed by atoms with Gasteiger partial charge in [0.2, 0.25) is 5.76 Å². The minimum atomic E-state index is -1.07. The van der Waals surface area contributed by atoms with Crippen molar-refractivity contribution in [3.8, 4) is 12.3 Å². The highest BCUT2D eigenvalue weighted by Gasteiger charge is 2.15. The number of rotatable bonds is 5. The number of carboxylic acids is 1. The predicted molar refractivity (Wildman–Crippen MR) is 60.1 cm³/mol. The van der Waals surface area contributed by atoms with E-state index in [2.05, 4.69) is 11.2 Å². The van der Waals surface area contributed by atoms with Crippen LogP contribution >= 0.6 is 0 Å². The molecule has 1 aromatic rings. The Balaban J connectivity index is 2.69. The Labute approximate surface area is 94.7 Å². The molecule has 4 nitrogen and oxygen atoms in total. The summed E-state index contributed by atoms with van der Waals surface area (Å²) in [5.41, 5.74) is 0. The van der Waals surface area contributed by atoms with Gasteiger partial charge in [-0.25, -0.2) is 4.79 Å². The maximum atomic E-state index is 10.6. The van der Waals surface area contributed by atoms with Gasteiger partial charge in [-0.2, -0.15) is 0 Å². The van der Waals surface area contributed by atoms with E-state index in [0.717, 1.165) is 6.42 Å². The molecule has 2 unspecified atom stereocenters. The third kappa shape index (κ3) is 2.88. The maximum Gasteiger partial charge on any atom is 0.371 e. The van der Waals surface area contributed by atoms with Crippen LogP contribution in [0.25, 0.3) is 0 Å². The van der Waals surface area contributed by atoms with Crippen molar-refractivity contribution in [2.24, 2.45) is 0 Å². The quantitative estimate of drug-likeness (QED) is 0.747. The van der Waals surface area contributed by atoms with Crippen LogP contribution in [0.3, 0.4) is 0 Å². The summed E-state index contributed by atoms with van der Waals surface area (Å²) in [5, 5.41) is 11.9. The average Bonchev–Trinajstić information content (AvgIpc) is 2.74. The fourth-order valence-corrected chi connectivity index (χ4v) is 1.37. The minimum absolute atomic E-state index is 0.0339. The zero-order valence-corrected chi connectivity index (χ0v) is 9.36. The van der Waals surface area contributed by atoms with Crippen molar-refractivity contribution < 1.29 is 14.3 Å². The average molecular weight is 221 g/mol. The van der Waals surface area contributed by atoms with Crippen LogP contribution in [0.4, 0.5) is 0 Å². The molecule has 1 aromatic heterocycles. The number of hydrogen-bond acceptors (Lipinski definition) is 3. The Morgan fingerprint density at radius 2 is 2.38 bits per heavy atom. The topological polar surface area (TPSA) is 62.5 Å². The zero-order valence-electron chi connectivity index (χ0n) is 9.36. The molecule has 16 heavy (non-hydrogen) atoms. The number of nitrogens with one attached hydrogen (secondary N) is 1. The molecule has 0 saturated heterocycles. The largest absolute Gasteiger partial charge is 0.475 e. The fourth-order valence-electron chi connectivity index (χ4n) is 1.37. The number of carbonyl (C=O) groups is 1. The predicted octanol–water partition coefficient (Wildman–Crippen LogP) is 2.04. The van der Waals surface area contributed by atoms with Gasteiger partial charge in [0.1, 0.15) is 5.76 Å². The van der Waals surface area contributed by atoms with Crippen LogP contribution in [0.2, 0.25) is 0 Å². The van der Waals surface area contributed by atoms with Crippen LogP contribution < -0.4 is 5.32 Å². The lowest BCUT2D eigenvalue weighted by molar-refractivity contribution is 0.0659. The van der Waals surface area contributed by atoms with E-state index in [1.54, 1.807) is 6.07 Å². The molecular formula is C12H15NO3. The number of terminal acetylenes is 1. The lowest BCUT2D eigenvalue weighted by Crippen LogP contribution is -2.29. The van der Waals surface area contributed by atoms with Gasteiger partial charge in [-0.1, -0.05) is 12.8 Å². The minimum Gasteiger partial charge on any atom is -0.475 e. The SMILES string of the molecule is C#CC(CC)NC(C)c1ccc(C(=O)O)o1. The normalized spacial score (nSPS) is 14.1. The Bertz CT molecular complexity index is 403. The molecule has 0 spiro atoms. The summed E-state index contributed by atoms with van der Waals surface area (Å²) in [4.78, 5) is 10.6. The Kier molecular flexibility index (Phi) is 4.15. The molecule has 0 fully saturated rings. The van der Waals surface area contributed by atoms with Crippen molar-refractivity contribution in [2.45, 2.75) is 32.4 Å². The molecule has 2 atom stereocenters. The van der Waals surface area contributed by atoms with Gasteiger partial charge in [0.15, 0.2) is 0 Å². The highest BCUT2D eigenvalue weighted by molar-refractivity contribution is 5.84. The highest BCUT2D eigenvalue weighted by atomic mass is 16.4. The lowest BCUT2D eigenvalue weighted by Gasteiger charge is -2.15. The third-order valence-electron chi connectivity index (χ3n) is 2.32. The van der Waals surface area contributed by atoms with Gasteiger partial charge in [0.05, 0.1) is 12.1 Å². The van der Waals surface area contributed by atoms with Gasteiger partial charge in [-0.05, 0) is 25.5 Å². The van der Waals surface area contributed by atoms with E-state index in [4.69, 9.17) is 15.9 Å². The summed E-state index contributed by atoms with van der Waals surface area (Å²) in [6, 6.07) is 2.94. The summed E-state index contributed by atoms with van der Waals surface area (Å²) in [6.07, 6.45) is 6.14. The Morgan fingerprint density at radius 1 is 1.69 bits per heavy atom. The summed E-state index contributed by atoms with van der Waals surface area (Å²) in [5.74, 6) is 2.06. The van der Waals surface area contributed by atoms with Crippen molar-refractivity contribution >= 4 is 5.97 Å². The molecule has 0 amide bonds. The van der Waals surface area contributed by atoms with Gasteiger partial charge in [0.25, 0.3) is 0 Å². The Hall–Kier alpha value is -1.73. The van der Waals surface area contributed by atoms with Crippen LogP contribution in [0.5, 0.6) is 0 Å². The van der Waals surface area contributed by atoms with Crippen LogP contribution in [0, 0.1) is 12.3 Å². The number of hydrogen-bond donors (Lipinski definition) is 2. The van der Waals surface area contributed by atoms with Crippen molar-refractivity contribution in [1.29, 1.82) is 0 Å².